The van der Waals surface area contributed by atoms with Crippen LogP contribution in [0.15, 0.2) is 78.9 Å². The van der Waals surface area contributed by atoms with E-state index in [0.717, 1.165) is 43.0 Å². The fraction of sp³-hybridized carbons (Fsp3) is 0.174. The third-order valence-corrected chi connectivity index (χ3v) is 4.86. The minimum absolute atomic E-state index is 0.0932. The Morgan fingerprint density at radius 1 is 0.815 bits per heavy atom. The zero-order chi connectivity index (χ0) is 18.5. The number of carbonyl (C=O) groups excluding carboxylic acids is 1. The highest BCUT2D eigenvalue weighted by Gasteiger charge is 2.13. The quantitative estimate of drug-likeness (QED) is 0.741. The fourth-order valence-corrected chi connectivity index (χ4v) is 3.43. The maximum absolute atomic E-state index is 12.9. The average Bonchev–Trinajstić information content (AvgIpc) is 2.75. The molecule has 4 nitrogen and oxygen atoms in total. The van der Waals surface area contributed by atoms with Crippen molar-refractivity contribution in [2.45, 2.75) is 0 Å². The lowest BCUT2D eigenvalue weighted by Gasteiger charge is -2.29. The molecule has 136 valence electrons. The van der Waals surface area contributed by atoms with Crippen molar-refractivity contribution in [3.8, 4) is 11.1 Å². The van der Waals surface area contributed by atoms with Crippen LogP contribution in [0.1, 0.15) is 10.4 Å². The smallest absolute Gasteiger partial charge is 0.256 e. The largest absolute Gasteiger partial charge is 0.369 e. The Morgan fingerprint density at radius 2 is 1.48 bits per heavy atom. The van der Waals surface area contributed by atoms with Gasteiger partial charge >= 0.3 is 0 Å². The summed E-state index contributed by atoms with van der Waals surface area (Å²) in [4.78, 5) is 15.2. The van der Waals surface area contributed by atoms with E-state index in [1.54, 1.807) is 0 Å². The Morgan fingerprint density at radius 3 is 2.22 bits per heavy atom. The number of hydrogen-bond donors (Lipinski definition) is 2. The summed E-state index contributed by atoms with van der Waals surface area (Å²) in [6.07, 6.45) is 0. The molecule has 0 saturated carbocycles. The van der Waals surface area contributed by atoms with E-state index in [0.29, 0.717) is 5.56 Å². The lowest BCUT2D eigenvalue weighted by atomic mass is 9.99. The number of benzene rings is 3. The van der Waals surface area contributed by atoms with Gasteiger partial charge in [-0.05, 0) is 41.5 Å². The molecule has 1 fully saturated rings. The number of piperazine rings is 1. The van der Waals surface area contributed by atoms with E-state index < -0.39 is 0 Å². The molecule has 0 aromatic heterocycles. The second-order valence-corrected chi connectivity index (χ2v) is 6.65. The summed E-state index contributed by atoms with van der Waals surface area (Å²) in [6, 6.07) is 25.8. The van der Waals surface area contributed by atoms with Crippen molar-refractivity contribution in [1.29, 1.82) is 0 Å². The third-order valence-electron chi connectivity index (χ3n) is 4.86. The molecule has 1 aliphatic rings. The highest BCUT2D eigenvalue weighted by molar-refractivity contribution is 6.08. The van der Waals surface area contributed by atoms with Crippen LogP contribution >= 0.6 is 0 Å². The number of amides is 1. The topological polar surface area (TPSA) is 44.4 Å². The molecular formula is C23H23N3O. The van der Waals surface area contributed by atoms with E-state index in [1.165, 1.54) is 5.69 Å². The Hall–Kier alpha value is -3.11. The second-order valence-electron chi connectivity index (χ2n) is 6.65. The molecule has 0 atom stereocenters. The Kier molecular flexibility index (Phi) is 5.17. The maximum Gasteiger partial charge on any atom is 0.256 e. The van der Waals surface area contributed by atoms with Gasteiger partial charge < -0.3 is 15.5 Å². The number of anilines is 2. The molecule has 4 heteroatoms. The summed E-state index contributed by atoms with van der Waals surface area (Å²) in [5, 5.41) is 6.39. The number of nitrogens with one attached hydrogen (secondary N) is 2. The number of rotatable bonds is 4. The Labute approximate surface area is 159 Å². The van der Waals surface area contributed by atoms with Crippen LogP contribution < -0.4 is 15.5 Å². The van der Waals surface area contributed by atoms with Crippen molar-refractivity contribution in [3.63, 3.8) is 0 Å². The van der Waals surface area contributed by atoms with Gasteiger partial charge in [0.2, 0.25) is 0 Å². The molecule has 0 unspecified atom stereocenters. The van der Waals surface area contributed by atoms with E-state index in [-0.39, 0.29) is 5.91 Å². The first-order chi connectivity index (χ1) is 13.3. The summed E-state index contributed by atoms with van der Waals surface area (Å²) >= 11 is 0. The molecule has 1 amide bonds. The summed E-state index contributed by atoms with van der Waals surface area (Å²) < 4.78 is 0. The van der Waals surface area contributed by atoms with Crippen LogP contribution in [0.25, 0.3) is 11.1 Å². The number of hydrogen-bond acceptors (Lipinski definition) is 3. The predicted molar refractivity (Wildman–Crippen MR) is 111 cm³/mol. The van der Waals surface area contributed by atoms with E-state index in [1.807, 2.05) is 66.7 Å². The zero-order valence-electron chi connectivity index (χ0n) is 15.2. The molecule has 0 radical (unpaired) electrons. The van der Waals surface area contributed by atoms with Crippen LogP contribution in [0, 0.1) is 0 Å². The summed E-state index contributed by atoms with van der Waals surface area (Å²) in [7, 11) is 0. The van der Waals surface area contributed by atoms with Crippen molar-refractivity contribution in [3.05, 3.63) is 84.4 Å². The molecule has 0 aliphatic carbocycles. The molecule has 27 heavy (non-hydrogen) atoms. The van der Waals surface area contributed by atoms with Gasteiger partial charge in [0, 0.05) is 43.1 Å². The van der Waals surface area contributed by atoms with Gasteiger partial charge in [0.1, 0.15) is 0 Å². The molecule has 4 rings (SSSR count). The molecule has 0 bridgehead atoms. The maximum atomic E-state index is 12.9. The highest BCUT2D eigenvalue weighted by atomic mass is 16.1. The zero-order valence-corrected chi connectivity index (χ0v) is 15.2. The van der Waals surface area contributed by atoms with Crippen molar-refractivity contribution in [2.24, 2.45) is 0 Å². The fourth-order valence-electron chi connectivity index (χ4n) is 3.43. The third kappa shape index (κ3) is 4.01. The average molecular weight is 357 g/mol. The SMILES string of the molecule is O=C(Nc1ccc(N2CCNCC2)cc1)c1ccccc1-c1ccccc1. The van der Waals surface area contributed by atoms with Gasteiger partial charge in [-0.3, -0.25) is 4.79 Å². The monoisotopic (exact) mass is 357 g/mol. The highest BCUT2D eigenvalue weighted by Crippen LogP contribution is 2.25. The van der Waals surface area contributed by atoms with E-state index >= 15 is 0 Å². The first-order valence-corrected chi connectivity index (χ1v) is 9.33. The first kappa shape index (κ1) is 17.3. The van der Waals surface area contributed by atoms with Gasteiger partial charge in [0.05, 0.1) is 0 Å². The van der Waals surface area contributed by atoms with Gasteiger partial charge in [-0.15, -0.1) is 0 Å². The second kappa shape index (κ2) is 8.06. The van der Waals surface area contributed by atoms with E-state index in [4.69, 9.17) is 0 Å². The van der Waals surface area contributed by atoms with Crippen LogP contribution in [0.5, 0.6) is 0 Å². The van der Waals surface area contributed by atoms with Crippen LogP contribution in [0.2, 0.25) is 0 Å². The van der Waals surface area contributed by atoms with E-state index in [2.05, 4.69) is 27.7 Å². The van der Waals surface area contributed by atoms with Crippen molar-refractivity contribution < 1.29 is 4.79 Å². The molecular weight excluding hydrogens is 334 g/mol. The van der Waals surface area contributed by atoms with Gasteiger partial charge in [0.25, 0.3) is 5.91 Å². The van der Waals surface area contributed by atoms with Gasteiger partial charge in [0.15, 0.2) is 0 Å². The molecule has 3 aromatic carbocycles. The summed E-state index contributed by atoms with van der Waals surface area (Å²) in [5.41, 5.74) is 4.65. The summed E-state index contributed by atoms with van der Waals surface area (Å²) in [6.45, 7) is 4.04. The Bertz CT molecular complexity index is 900. The van der Waals surface area contributed by atoms with Crippen LogP contribution in [0.3, 0.4) is 0 Å². The molecule has 1 aliphatic heterocycles. The molecule has 1 saturated heterocycles. The van der Waals surface area contributed by atoms with E-state index in [9.17, 15) is 4.79 Å². The van der Waals surface area contributed by atoms with Gasteiger partial charge in [-0.2, -0.15) is 0 Å². The molecule has 0 spiro atoms. The molecule has 3 aromatic rings. The standard InChI is InChI=1S/C23H23N3O/c27-23(22-9-5-4-8-21(22)18-6-2-1-3-7-18)25-19-10-12-20(13-11-19)26-16-14-24-15-17-26/h1-13,24H,14-17H2,(H,25,27). The van der Waals surface area contributed by atoms with Crippen molar-refractivity contribution >= 4 is 17.3 Å². The van der Waals surface area contributed by atoms with Crippen LogP contribution in [-0.4, -0.2) is 32.1 Å². The minimum Gasteiger partial charge on any atom is -0.369 e. The molecule has 2 N–H and O–H groups in total. The minimum atomic E-state index is -0.0932. The normalized spacial score (nSPS) is 14.0. The van der Waals surface area contributed by atoms with Crippen LogP contribution in [-0.2, 0) is 0 Å². The first-order valence-electron chi connectivity index (χ1n) is 9.33. The lowest BCUT2D eigenvalue weighted by Crippen LogP contribution is -2.43. The number of nitrogens with zero attached hydrogens (tertiary/aromatic N) is 1. The van der Waals surface area contributed by atoms with Crippen molar-refractivity contribution in [1.82, 2.24) is 5.32 Å². The predicted octanol–water partition coefficient (Wildman–Crippen LogP) is 4.02. The van der Waals surface area contributed by atoms with Crippen LogP contribution in [0.4, 0.5) is 11.4 Å². The van der Waals surface area contributed by atoms with Gasteiger partial charge in [-0.1, -0.05) is 48.5 Å². The van der Waals surface area contributed by atoms with Gasteiger partial charge in [-0.25, -0.2) is 0 Å². The number of carbonyl (C=O) groups is 1. The summed E-state index contributed by atoms with van der Waals surface area (Å²) in [5.74, 6) is -0.0932. The lowest BCUT2D eigenvalue weighted by molar-refractivity contribution is 0.102. The Balaban J connectivity index is 1.51. The molecule has 1 heterocycles. The van der Waals surface area contributed by atoms with Crippen molar-refractivity contribution in [2.75, 3.05) is 36.4 Å².